The van der Waals surface area contributed by atoms with Crippen molar-refractivity contribution in [2.24, 2.45) is 5.92 Å². The molecule has 0 aliphatic carbocycles. The third-order valence-electron chi connectivity index (χ3n) is 11.8. The molecule has 2 aliphatic heterocycles. The van der Waals surface area contributed by atoms with Crippen molar-refractivity contribution in [2.45, 2.75) is 82.5 Å². The fourth-order valence-electron chi connectivity index (χ4n) is 8.95. The lowest BCUT2D eigenvalue weighted by Crippen LogP contribution is -2.52. The van der Waals surface area contributed by atoms with Gasteiger partial charge in [0.2, 0.25) is 11.8 Å². The van der Waals surface area contributed by atoms with Crippen LogP contribution in [-0.2, 0) is 40.1 Å². The highest BCUT2D eigenvalue weighted by Crippen LogP contribution is 2.47. The van der Waals surface area contributed by atoms with Crippen molar-refractivity contribution in [1.29, 1.82) is 0 Å². The first kappa shape index (κ1) is 36.6. The lowest BCUT2D eigenvalue weighted by molar-refractivity contribution is -0.138. The second kappa shape index (κ2) is 15.7. The summed E-state index contributed by atoms with van der Waals surface area (Å²) in [6.07, 6.45) is 4.46. The van der Waals surface area contributed by atoms with Crippen LogP contribution in [0.1, 0.15) is 42.0 Å². The van der Waals surface area contributed by atoms with Gasteiger partial charge in [0.25, 0.3) is 0 Å². The van der Waals surface area contributed by atoms with E-state index in [4.69, 9.17) is 9.47 Å². The van der Waals surface area contributed by atoms with E-state index in [2.05, 4.69) is 66.7 Å². The minimum absolute atomic E-state index is 0.0290. The van der Waals surface area contributed by atoms with Crippen molar-refractivity contribution in [3.8, 4) is 5.75 Å². The van der Waals surface area contributed by atoms with Crippen molar-refractivity contribution < 1.29 is 24.2 Å². The van der Waals surface area contributed by atoms with Crippen LogP contribution in [0.5, 0.6) is 5.75 Å². The highest BCUT2D eigenvalue weighted by atomic mass is 28.3. The Hall–Kier alpha value is -4.70. The first-order chi connectivity index (χ1) is 25.6. The Bertz CT molecular complexity index is 2060. The van der Waals surface area contributed by atoms with E-state index >= 15 is 0 Å². The van der Waals surface area contributed by atoms with Crippen LogP contribution in [0.2, 0.25) is 18.6 Å². The van der Waals surface area contributed by atoms with Gasteiger partial charge in [-0.25, -0.2) is 0 Å². The molecule has 276 valence electrons. The molecule has 2 aliphatic rings. The molecule has 9 heteroatoms. The molecule has 3 N–H and O–H groups in total. The number of carbonyl (C=O) groups is 2. The SMILES string of the molecule is COc1ccc([Si](C)(C)[C@H]2[C@H](C)[C@H](CCc3cccc(NC(=O)Cc4c[nH]c5ccccc45)c3)O[C@@H]2CC(=O)N2Cc3ccccc3C[C@H]2CO)cc1. The third kappa shape index (κ3) is 7.83. The molecular weight excluding hydrogens is 679 g/mol. The molecule has 5 aromatic rings. The molecule has 0 radical (unpaired) electrons. The number of amides is 2. The maximum Gasteiger partial charge on any atom is 0.228 e. The Labute approximate surface area is 313 Å². The van der Waals surface area contributed by atoms with E-state index in [0.29, 0.717) is 19.4 Å². The number of aromatic nitrogens is 1. The van der Waals surface area contributed by atoms with Crippen molar-refractivity contribution in [3.05, 3.63) is 126 Å². The maximum atomic E-state index is 14.2. The van der Waals surface area contributed by atoms with Crippen LogP contribution in [-0.4, -0.2) is 66.8 Å². The van der Waals surface area contributed by atoms with Gasteiger partial charge in [0.1, 0.15) is 5.75 Å². The molecule has 0 spiro atoms. The topological polar surface area (TPSA) is 104 Å². The number of anilines is 1. The van der Waals surface area contributed by atoms with Gasteiger partial charge in [-0.3, -0.25) is 9.59 Å². The van der Waals surface area contributed by atoms with Crippen molar-refractivity contribution in [2.75, 3.05) is 19.0 Å². The molecule has 53 heavy (non-hydrogen) atoms. The Morgan fingerprint density at radius 3 is 2.49 bits per heavy atom. The molecular formula is C44H51N3O5Si. The monoisotopic (exact) mass is 729 g/mol. The highest BCUT2D eigenvalue weighted by molar-refractivity contribution is 6.91. The molecule has 1 aromatic heterocycles. The summed E-state index contributed by atoms with van der Waals surface area (Å²) in [5, 5.41) is 15.8. The largest absolute Gasteiger partial charge is 0.497 e. The number of hydrogen-bond acceptors (Lipinski definition) is 5. The number of fused-ring (bicyclic) bond motifs is 2. The zero-order chi connectivity index (χ0) is 37.1. The fourth-order valence-corrected chi connectivity index (χ4v) is 13.0. The number of aliphatic hydroxyl groups excluding tert-OH is 1. The number of hydrogen-bond donors (Lipinski definition) is 3. The zero-order valence-corrected chi connectivity index (χ0v) is 32.2. The molecule has 0 saturated carbocycles. The first-order valence-electron chi connectivity index (χ1n) is 18.9. The summed E-state index contributed by atoms with van der Waals surface area (Å²) < 4.78 is 12.4. The number of aryl methyl sites for hydroxylation is 1. The van der Waals surface area contributed by atoms with Crippen LogP contribution in [0.15, 0.2) is 103 Å². The number of ether oxygens (including phenoxy) is 2. The Kier molecular flexibility index (Phi) is 10.9. The van der Waals surface area contributed by atoms with Gasteiger partial charge < -0.3 is 29.8 Å². The van der Waals surface area contributed by atoms with E-state index in [1.165, 1.54) is 10.8 Å². The van der Waals surface area contributed by atoms with Gasteiger partial charge in [-0.05, 0) is 83.3 Å². The number of aromatic amines is 1. The summed E-state index contributed by atoms with van der Waals surface area (Å²) in [5.41, 5.74) is 6.45. The van der Waals surface area contributed by atoms with Gasteiger partial charge in [-0.2, -0.15) is 0 Å². The molecule has 1 saturated heterocycles. The number of carbonyl (C=O) groups excluding carboxylic acids is 2. The van der Waals surface area contributed by atoms with Crippen LogP contribution in [0.25, 0.3) is 10.9 Å². The third-order valence-corrected chi connectivity index (χ3v) is 16.2. The zero-order valence-electron chi connectivity index (χ0n) is 31.2. The predicted octanol–water partition coefficient (Wildman–Crippen LogP) is 7.02. The fraction of sp³-hybridized carbons (Fsp3) is 0.364. The number of nitrogens with one attached hydrogen (secondary N) is 2. The number of rotatable bonds is 12. The van der Waals surface area contributed by atoms with E-state index in [1.54, 1.807) is 7.11 Å². The number of aliphatic hydroxyl groups is 1. The lowest BCUT2D eigenvalue weighted by Gasteiger charge is -2.39. The van der Waals surface area contributed by atoms with Gasteiger partial charge in [0, 0.05) is 29.3 Å². The lowest BCUT2D eigenvalue weighted by atomic mass is 9.93. The molecule has 0 unspecified atom stereocenters. The summed E-state index contributed by atoms with van der Waals surface area (Å²) >= 11 is 0. The predicted molar refractivity (Wildman–Crippen MR) is 213 cm³/mol. The number of methoxy groups -OCH3 is 1. The molecule has 7 rings (SSSR count). The van der Waals surface area contributed by atoms with Crippen LogP contribution in [0, 0.1) is 5.92 Å². The average Bonchev–Trinajstić information content (AvgIpc) is 3.72. The second-order valence-corrected chi connectivity index (χ2v) is 20.1. The van der Waals surface area contributed by atoms with Crippen molar-refractivity contribution in [1.82, 2.24) is 9.88 Å². The van der Waals surface area contributed by atoms with Crippen LogP contribution >= 0.6 is 0 Å². The second-order valence-electron chi connectivity index (χ2n) is 15.4. The minimum atomic E-state index is -2.18. The average molecular weight is 730 g/mol. The summed E-state index contributed by atoms with van der Waals surface area (Å²) in [7, 11) is -0.495. The first-order valence-corrected chi connectivity index (χ1v) is 21.9. The minimum Gasteiger partial charge on any atom is -0.497 e. The van der Waals surface area contributed by atoms with Crippen LogP contribution < -0.4 is 15.2 Å². The molecule has 4 aromatic carbocycles. The summed E-state index contributed by atoms with van der Waals surface area (Å²) in [5.74, 6) is 1.04. The van der Waals surface area contributed by atoms with Crippen LogP contribution in [0.4, 0.5) is 5.69 Å². The molecule has 3 heterocycles. The van der Waals surface area contributed by atoms with Crippen molar-refractivity contribution >= 4 is 41.7 Å². The summed E-state index contributed by atoms with van der Waals surface area (Å²) in [4.78, 5) is 32.4. The van der Waals surface area contributed by atoms with Gasteiger partial charge >= 0.3 is 0 Å². The van der Waals surface area contributed by atoms with Gasteiger partial charge in [0.05, 0.1) is 52.9 Å². The van der Waals surface area contributed by atoms with E-state index < -0.39 is 8.07 Å². The number of H-pyrrole nitrogens is 1. The molecule has 2 amide bonds. The number of para-hydroxylation sites is 1. The van der Waals surface area contributed by atoms with Crippen molar-refractivity contribution in [3.63, 3.8) is 0 Å². The summed E-state index contributed by atoms with van der Waals surface area (Å²) in [6, 6.07) is 32.5. The molecule has 0 bridgehead atoms. The normalized spacial score (nSPS) is 21.4. The molecule has 8 nitrogen and oxygen atoms in total. The highest BCUT2D eigenvalue weighted by Gasteiger charge is 2.51. The van der Waals surface area contributed by atoms with E-state index in [1.807, 2.05) is 71.8 Å². The number of nitrogens with zero attached hydrogens (tertiary/aromatic N) is 1. The Morgan fingerprint density at radius 2 is 1.72 bits per heavy atom. The van der Waals surface area contributed by atoms with Gasteiger partial charge in [-0.15, -0.1) is 0 Å². The maximum absolute atomic E-state index is 14.2. The van der Waals surface area contributed by atoms with E-state index in [-0.39, 0.29) is 54.6 Å². The number of benzene rings is 4. The quantitative estimate of drug-likeness (QED) is 0.120. The molecule has 5 atom stereocenters. The smallest absolute Gasteiger partial charge is 0.228 e. The van der Waals surface area contributed by atoms with Gasteiger partial charge in [0.15, 0.2) is 0 Å². The molecule has 1 fully saturated rings. The van der Waals surface area contributed by atoms with Crippen LogP contribution in [0.3, 0.4) is 0 Å². The van der Waals surface area contributed by atoms with E-state index in [9.17, 15) is 14.7 Å². The van der Waals surface area contributed by atoms with E-state index in [0.717, 1.165) is 51.9 Å². The standard InChI is InChI=1S/C44H51N3O5Si/c1-29-40(21-16-30-10-9-13-34(22-30)46-42(49)24-33-26-45-39-15-8-7-14-38(33)39)52-41(44(29)53(3,4)37-19-17-36(51-2)18-20-37)25-43(50)47-27-32-12-6-5-11-31(32)23-35(47)28-48/h5-15,17-20,22,26,29,35,40-41,44-45,48H,16,21,23-25,27-28H2,1-4H3,(H,46,49)/t29-,35+,40+,41-,44+/m1/s1. The summed E-state index contributed by atoms with van der Waals surface area (Å²) in [6.45, 7) is 7.53. The Morgan fingerprint density at radius 1 is 0.962 bits per heavy atom. The van der Waals surface area contributed by atoms with Gasteiger partial charge in [-0.1, -0.05) is 91.9 Å². The Balaban J connectivity index is 1.06.